The van der Waals surface area contributed by atoms with Crippen molar-refractivity contribution in [3.8, 4) is 0 Å². The van der Waals surface area contributed by atoms with E-state index in [1.54, 1.807) is 6.92 Å². The van der Waals surface area contributed by atoms with Crippen LogP contribution in [0.4, 0.5) is 5.82 Å². The van der Waals surface area contributed by atoms with E-state index in [-0.39, 0.29) is 5.91 Å². The molecule has 2 fully saturated rings. The van der Waals surface area contributed by atoms with E-state index in [4.69, 9.17) is 4.98 Å². The Morgan fingerprint density at radius 2 is 1.95 bits per heavy atom. The Labute approximate surface area is 132 Å². The van der Waals surface area contributed by atoms with Gasteiger partial charge in [0.2, 0.25) is 5.91 Å². The molecule has 1 aromatic heterocycles. The minimum absolute atomic E-state index is 0.205. The van der Waals surface area contributed by atoms with Crippen molar-refractivity contribution in [1.82, 2.24) is 14.9 Å². The first-order valence-corrected chi connectivity index (χ1v) is 8.54. The van der Waals surface area contributed by atoms with Gasteiger partial charge in [0.25, 0.3) is 0 Å². The highest BCUT2D eigenvalue weighted by atomic mass is 16.2. The summed E-state index contributed by atoms with van der Waals surface area (Å²) in [5.74, 6) is 1.86. The molecule has 0 aromatic carbocycles. The maximum absolute atomic E-state index is 11.5. The lowest BCUT2D eigenvalue weighted by atomic mass is 9.95. The van der Waals surface area contributed by atoms with E-state index >= 15 is 0 Å². The van der Waals surface area contributed by atoms with Gasteiger partial charge in [-0.3, -0.25) is 9.78 Å². The molecule has 3 rings (SSSR count). The maximum Gasteiger partial charge on any atom is 0.219 e. The molecule has 5 heteroatoms. The molecular weight excluding hydrogens is 276 g/mol. The van der Waals surface area contributed by atoms with Crippen molar-refractivity contribution in [3.63, 3.8) is 0 Å². The number of likely N-dealkylation sites (tertiary alicyclic amines) is 1. The van der Waals surface area contributed by atoms with Crippen LogP contribution in [0.5, 0.6) is 0 Å². The van der Waals surface area contributed by atoms with E-state index < -0.39 is 0 Å². The molecule has 3 heterocycles. The van der Waals surface area contributed by atoms with Crippen LogP contribution in [0, 0.1) is 5.92 Å². The number of hydrogen-bond acceptors (Lipinski definition) is 4. The average molecular weight is 302 g/mol. The summed E-state index contributed by atoms with van der Waals surface area (Å²) in [7, 11) is 0. The lowest BCUT2D eigenvalue weighted by molar-refractivity contribution is -0.128. The molecule has 2 aliphatic rings. The van der Waals surface area contributed by atoms with Crippen LogP contribution >= 0.6 is 0 Å². The Hall–Kier alpha value is -1.65. The van der Waals surface area contributed by atoms with Crippen molar-refractivity contribution in [2.75, 3.05) is 31.1 Å². The highest BCUT2D eigenvalue weighted by Crippen LogP contribution is 2.23. The normalized spacial score (nSPS) is 22.7. The number of aromatic nitrogens is 2. The third-order valence-electron chi connectivity index (χ3n) is 4.89. The predicted octanol–water partition coefficient (Wildman–Crippen LogP) is 2.27. The fourth-order valence-corrected chi connectivity index (χ4v) is 3.57. The Bertz CT molecular complexity index is 513. The molecule has 0 N–H and O–H groups in total. The van der Waals surface area contributed by atoms with E-state index in [1.807, 2.05) is 17.3 Å². The minimum Gasteiger partial charge on any atom is -0.355 e. The van der Waals surface area contributed by atoms with Gasteiger partial charge in [-0.25, -0.2) is 4.98 Å². The summed E-state index contributed by atoms with van der Waals surface area (Å²) in [4.78, 5) is 25.0. The van der Waals surface area contributed by atoms with Crippen LogP contribution in [0.2, 0.25) is 0 Å². The number of hydrogen-bond donors (Lipinski definition) is 0. The predicted molar refractivity (Wildman–Crippen MR) is 86.8 cm³/mol. The summed E-state index contributed by atoms with van der Waals surface area (Å²) in [6.07, 6.45) is 10.7. The van der Waals surface area contributed by atoms with E-state index in [2.05, 4.69) is 9.88 Å². The average Bonchev–Trinajstić information content (AvgIpc) is 2.95. The van der Waals surface area contributed by atoms with Crippen LogP contribution in [0.3, 0.4) is 0 Å². The first-order valence-electron chi connectivity index (χ1n) is 8.54. The van der Waals surface area contributed by atoms with Crippen LogP contribution in [-0.4, -0.2) is 47.0 Å². The topological polar surface area (TPSA) is 49.3 Å². The number of amides is 1. The van der Waals surface area contributed by atoms with Gasteiger partial charge in [-0.2, -0.15) is 0 Å². The summed E-state index contributed by atoms with van der Waals surface area (Å²) in [6, 6.07) is 0. The third kappa shape index (κ3) is 3.76. The Balaban J connectivity index is 1.60. The molecule has 0 saturated carbocycles. The van der Waals surface area contributed by atoms with Crippen LogP contribution < -0.4 is 4.90 Å². The van der Waals surface area contributed by atoms with Gasteiger partial charge in [0.15, 0.2) is 0 Å². The molecule has 120 valence electrons. The molecular formula is C17H26N4O. The second-order valence-electron chi connectivity index (χ2n) is 6.57. The van der Waals surface area contributed by atoms with Crippen molar-refractivity contribution in [2.45, 2.75) is 45.4 Å². The zero-order chi connectivity index (χ0) is 15.4. The summed E-state index contributed by atoms with van der Waals surface area (Å²) in [6.45, 7) is 5.68. The largest absolute Gasteiger partial charge is 0.355 e. The van der Waals surface area contributed by atoms with Crippen molar-refractivity contribution in [1.29, 1.82) is 0 Å². The van der Waals surface area contributed by atoms with Crippen LogP contribution in [-0.2, 0) is 11.2 Å². The number of carbonyl (C=O) groups excluding carboxylic acids is 1. The van der Waals surface area contributed by atoms with Gasteiger partial charge in [0.1, 0.15) is 5.82 Å². The van der Waals surface area contributed by atoms with E-state index in [1.165, 1.54) is 19.3 Å². The molecule has 1 unspecified atom stereocenters. The molecule has 0 aliphatic carbocycles. The standard InChI is InChI=1S/C17H26N4O/c1-14(22)20-9-4-5-15(6-10-20)11-16-12-18-13-17(19-16)21-7-2-3-8-21/h12-13,15H,2-11H2,1H3. The van der Waals surface area contributed by atoms with Gasteiger partial charge in [-0.15, -0.1) is 0 Å². The van der Waals surface area contributed by atoms with Crippen LogP contribution in [0.25, 0.3) is 0 Å². The molecule has 1 amide bonds. The van der Waals surface area contributed by atoms with Crippen LogP contribution in [0.15, 0.2) is 12.4 Å². The fraction of sp³-hybridized carbons (Fsp3) is 0.706. The second kappa shape index (κ2) is 7.07. The fourth-order valence-electron chi connectivity index (χ4n) is 3.57. The molecule has 1 aromatic rings. The summed E-state index contributed by atoms with van der Waals surface area (Å²) in [5.41, 5.74) is 1.10. The van der Waals surface area contributed by atoms with E-state index in [0.29, 0.717) is 5.92 Å². The zero-order valence-corrected chi connectivity index (χ0v) is 13.5. The van der Waals surface area contributed by atoms with Crippen molar-refractivity contribution >= 4 is 11.7 Å². The van der Waals surface area contributed by atoms with Crippen molar-refractivity contribution in [2.24, 2.45) is 5.92 Å². The number of carbonyl (C=O) groups is 1. The molecule has 0 spiro atoms. The van der Waals surface area contributed by atoms with Crippen LogP contribution in [0.1, 0.15) is 44.7 Å². The zero-order valence-electron chi connectivity index (χ0n) is 13.5. The molecule has 2 saturated heterocycles. The monoisotopic (exact) mass is 302 g/mol. The number of rotatable bonds is 3. The minimum atomic E-state index is 0.205. The van der Waals surface area contributed by atoms with Crippen molar-refractivity contribution < 1.29 is 4.79 Å². The van der Waals surface area contributed by atoms with E-state index in [9.17, 15) is 4.79 Å². The smallest absolute Gasteiger partial charge is 0.219 e. The lowest BCUT2D eigenvalue weighted by Gasteiger charge is -2.19. The van der Waals surface area contributed by atoms with Gasteiger partial charge in [0.05, 0.1) is 11.9 Å². The maximum atomic E-state index is 11.5. The van der Waals surface area contributed by atoms with Gasteiger partial charge in [0, 0.05) is 39.3 Å². The second-order valence-corrected chi connectivity index (χ2v) is 6.57. The van der Waals surface area contributed by atoms with Gasteiger partial charge >= 0.3 is 0 Å². The van der Waals surface area contributed by atoms with E-state index in [0.717, 1.165) is 57.0 Å². The molecule has 1 atom stereocenters. The molecule has 0 radical (unpaired) electrons. The first kappa shape index (κ1) is 15.3. The Morgan fingerprint density at radius 3 is 2.73 bits per heavy atom. The molecule has 0 bridgehead atoms. The van der Waals surface area contributed by atoms with Gasteiger partial charge < -0.3 is 9.80 Å². The summed E-state index contributed by atoms with van der Waals surface area (Å²) in [5, 5.41) is 0. The van der Waals surface area contributed by atoms with Gasteiger partial charge in [-0.05, 0) is 44.4 Å². The van der Waals surface area contributed by atoms with Gasteiger partial charge in [-0.1, -0.05) is 0 Å². The lowest BCUT2D eigenvalue weighted by Crippen LogP contribution is -2.29. The summed E-state index contributed by atoms with van der Waals surface area (Å²) < 4.78 is 0. The SMILES string of the molecule is CC(=O)N1CCCC(Cc2cncc(N3CCCC3)n2)CC1. The highest BCUT2D eigenvalue weighted by Gasteiger charge is 2.20. The first-order chi connectivity index (χ1) is 10.7. The third-order valence-corrected chi connectivity index (χ3v) is 4.89. The highest BCUT2D eigenvalue weighted by molar-refractivity contribution is 5.73. The quantitative estimate of drug-likeness (QED) is 0.859. The molecule has 5 nitrogen and oxygen atoms in total. The molecule has 2 aliphatic heterocycles. The Kier molecular flexibility index (Phi) is 4.90. The molecule has 22 heavy (non-hydrogen) atoms. The number of anilines is 1. The Morgan fingerprint density at radius 1 is 1.14 bits per heavy atom. The van der Waals surface area contributed by atoms with Crippen molar-refractivity contribution in [3.05, 3.63) is 18.1 Å². The summed E-state index contributed by atoms with van der Waals surface area (Å²) >= 11 is 0. The number of nitrogens with zero attached hydrogens (tertiary/aromatic N) is 4.